The maximum absolute atomic E-state index is 12.7. The first-order chi connectivity index (χ1) is 8.04. The minimum atomic E-state index is -1.05. The SMILES string of the molecule is CCC(ON=C(C)c1ccc(F)cc1)C(=O)O. The fraction of sp³-hybridized carbons (Fsp3) is 0.333. The van der Waals surface area contributed by atoms with Crippen LogP contribution in [0.5, 0.6) is 0 Å². The van der Waals surface area contributed by atoms with Gasteiger partial charge in [0.05, 0.1) is 5.71 Å². The molecule has 0 aromatic heterocycles. The Morgan fingerprint density at radius 3 is 2.53 bits per heavy atom. The molecule has 1 unspecified atom stereocenters. The highest BCUT2D eigenvalue weighted by molar-refractivity contribution is 5.98. The first kappa shape index (κ1) is 13.2. The summed E-state index contributed by atoms with van der Waals surface area (Å²) in [5, 5.41) is 12.5. The lowest BCUT2D eigenvalue weighted by Gasteiger charge is -2.08. The van der Waals surface area contributed by atoms with E-state index in [9.17, 15) is 9.18 Å². The van der Waals surface area contributed by atoms with Crippen LogP contribution in [0.3, 0.4) is 0 Å². The lowest BCUT2D eigenvalue weighted by Crippen LogP contribution is -2.21. The van der Waals surface area contributed by atoms with Gasteiger partial charge in [-0.05, 0) is 31.0 Å². The maximum Gasteiger partial charge on any atom is 0.347 e. The van der Waals surface area contributed by atoms with Gasteiger partial charge < -0.3 is 9.94 Å². The molecule has 0 radical (unpaired) electrons. The van der Waals surface area contributed by atoms with E-state index in [0.717, 1.165) is 0 Å². The summed E-state index contributed by atoms with van der Waals surface area (Å²) in [6.07, 6.45) is -0.624. The van der Waals surface area contributed by atoms with Crippen molar-refractivity contribution < 1.29 is 19.1 Å². The zero-order chi connectivity index (χ0) is 12.8. The molecule has 0 aliphatic rings. The number of carboxylic acid groups (broad SMARTS) is 1. The van der Waals surface area contributed by atoms with Crippen LogP contribution >= 0.6 is 0 Å². The average molecular weight is 239 g/mol. The Morgan fingerprint density at radius 2 is 2.06 bits per heavy atom. The van der Waals surface area contributed by atoms with Crippen molar-refractivity contribution in [1.29, 1.82) is 0 Å². The van der Waals surface area contributed by atoms with Gasteiger partial charge in [0.15, 0.2) is 0 Å². The quantitative estimate of drug-likeness (QED) is 0.634. The number of oxime groups is 1. The van der Waals surface area contributed by atoms with E-state index in [1.54, 1.807) is 26.0 Å². The van der Waals surface area contributed by atoms with Crippen molar-refractivity contribution in [3.63, 3.8) is 0 Å². The number of carbonyl (C=O) groups is 1. The smallest absolute Gasteiger partial charge is 0.347 e. The summed E-state index contributed by atoms with van der Waals surface area (Å²) in [5.74, 6) is -1.39. The van der Waals surface area contributed by atoms with Crippen LogP contribution in [0, 0.1) is 5.82 Å². The Balaban J connectivity index is 2.72. The third kappa shape index (κ3) is 3.86. The van der Waals surface area contributed by atoms with Gasteiger partial charge in [0, 0.05) is 0 Å². The lowest BCUT2D eigenvalue weighted by atomic mass is 10.1. The van der Waals surface area contributed by atoms with E-state index in [1.807, 2.05) is 0 Å². The van der Waals surface area contributed by atoms with E-state index in [0.29, 0.717) is 17.7 Å². The molecule has 0 amide bonds. The monoisotopic (exact) mass is 239 g/mol. The second kappa shape index (κ2) is 5.98. The first-order valence-corrected chi connectivity index (χ1v) is 5.23. The highest BCUT2D eigenvalue weighted by atomic mass is 19.1. The van der Waals surface area contributed by atoms with Crippen LogP contribution in [0.2, 0.25) is 0 Å². The summed E-state index contributed by atoms with van der Waals surface area (Å²) in [7, 11) is 0. The molecule has 0 bridgehead atoms. The Bertz CT molecular complexity index is 414. The van der Waals surface area contributed by atoms with Crippen molar-refractivity contribution in [3.05, 3.63) is 35.6 Å². The van der Waals surface area contributed by atoms with Gasteiger partial charge in [-0.2, -0.15) is 0 Å². The average Bonchev–Trinajstić information content (AvgIpc) is 2.30. The number of carboxylic acids is 1. The van der Waals surface area contributed by atoms with Crippen molar-refractivity contribution in [2.75, 3.05) is 0 Å². The van der Waals surface area contributed by atoms with Gasteiger partial charge in [-0.25, -0.2) is 9.18 Å². The van der Waals surface area contributed by atoms with E-state index in [1.165, 1.54) is 12.1 Å². The topological polar surface area (TPSA) is 58.9 Å². The zero-order valence-electron chi connectivity index (χ0n) is 9.68. The third-order valence-electron chi connectivity index (χ3n) is 2.23. The molecular formula is C12H14FNO3. The summed E-state index contributed by atoms with van der Waals surface area (Å²) in [5.41, 5.74) is 1.19. The fourth-order valence-electron chi connectivity index (χ4n) is 1.18. The van der Waals surface area contributed by atoms with Gasteiger partial charge in [-0.15, -0.1) is 0 Å². The fourth-order valence-corrected chi connectivity index (χ4v) is 1.18. The molecule has 0 fully saturated rings. The van der Waals surface area contributed by atoms with Crippen LogP contribution in [0.1, 0.15) is 25.8 Å². The summed E-state index contributed by atoms with van der Waals surface area (Å²) in [6, 6.07) is 5.73. The van der Waals surface area contributed by atoms with E-state index in [2.05, 4.69) is 5.16 Å². The Labute approximate surface area is 98.7 Å². The van der Waals surface area contributed by atoms with Crippen LogP contribution < -0.4 is 0 Å². The Kier molecular flexibility index (Phi) is 4.63. The number of rotatable bonds is 5. The van der Waals surface area contributed by atoms with Gasteiger partial charge in [-0.3, -0.25) is 0 Å². The van der Waals surface area contributed by atoms with Crippen molar-refractivity contribution in [2.24, 2.45) is 5.16 Å². The largest absolute Gasteiger partial charge is 0.478 e. The van der Waals surface area contributed by atoms with E-state index in [4.69, 9.17) is 9.94 Å². The Morgan fingerprint density at radius 1 is 1.47 bits per heavy atom. The molecule has 1 rings (SSSR count). The molecule has 1 N–H and O–H groups in total. The van der Waals surface area contributed by atoms with Crippen LogP contribution in [0.15, 0.2) is 29.4 Å². The molecule has 5 heteroatoms. The van der Waals surface area contributed by atoms with Crippen LogP contribution in [0.4, 0.5) is 4.39 Å². The molecule has 0 aliphatic heterocycles. The molecule has 1 aromatic rings. The molecule has 0 aliphatic carbocycles. The molecule has 4 nitrogen and oxygen atoms in total. The molecule has 1 aromatic carbocycles. The van der Waals surface area contributed by atoms with Gasteiger partial charge in [0.2, 0.25) is 6.10 Å². The molecule has 1 atom stereocenters. The van der Waals surface area contributed by atoms with Crippen LogP contribution in [0.25, 0.3) is 0 Å². The number of nitrogens with zero attached hydrogens (tertiary/aromatic N) is 1. The third-order valence-corrected chi connectivity index (χ3v) is 2.23. The van der Waals surface area contributed by atoms with Gasteiger partial charge >= 0.3 is 5.97 Å². The predicted octanol–water partition coefficient (Wildman–Crippen LogP) is 2.43. The minimum absolute atomic E-state index is 0.329. The minimum Gasteiger partial charge on any atom is -0.478 e. The summed E-state index contributed by atoms with van der Waals surface area (Å²) >= 11 is 0. The summed E-state index contributed by atoms with van der Waals surface area (Å²) in [4.78, 5) is 15.6. The molecule has 0 heterocycles. The number of aliphatic carboxylic acids is 1. The molecule has 0 saturated heterocycles. The number of halogens is 1. The molecule has 17 heavy (non-hydrogen) atoms. The van der Waals surface area contributed by atoms with Gasteiger partial charge in [-0.1, -0.05) is 24.2 Å². The van der Waals surface area contributed by atoms with E-state index < -0.39 is 12.1 Å². The van der Waals surface area contributed by atoms with Gasteiger partial charge in [0.25, 0.3) is 0 Å². The van der Waals surface area contributed by atoms with Crippen molar-refractivity contribution in [3.8, 4) is 0 Å². The molecular weight excluding hydrogens is 225 g/mol. The highest BCUT2D eigenvalue weighted by Crippen LogP contribution is 2.06. The Hall–Kier alpha value is -1.91. The van der Waals surface area contributed by atoms with E-state index in [-0.39, 0.29) is 5.82 Å². The molecule has 0 saturated carbocycles. The van der Waals surface area contributed by atoms with Crippen molar-refractivity contribution in [1.82, 2.24) is 0 Å². The van der Waals surface area contributed by atoms with Crippen molar-refractivity contribution in [2.45, 2.75) is 26.4 Å². The van der Waals surface area contributed by atoms with E-state index >= 15 is 0 Å². The first-order valence-electron chi connectivity index (χ1n) is 5.23. The normalized spacial score (nSPS) is 13.2. The van der Waals surface area contributed by atoms with Crippen LogP contribution in [-0.2, 0) is 9.63 Å². The highest BCUT2D eigenvalue weighted by Gasteiger charge is 2.16. The number of benzene rings is 1. The second-order valence-corrected chi connectivity index (χ2v) is 3.52. The van der Waals surface area contributed by atoms with Crippen molar-refractivity contribution >= 4 is 11.7 Å². The number of hydrogen-bond acceptors (Lipinski definition) is 3. The number of hydrogen-bond donors (Lipinski definition) is 1. The van der Waals surface area contributed by atoms with Crippen LogP contribution in [-0.4, -0.2) is 22.9 Å². The standard InChI is InChI=1S/C12H14FNO3/c1-3-11(12(15)16)17-14-8(2)9-4-6-10(13)7-5-9/h4-7,11H,3H2,1-2H3,(H,15,16). The van der Waals surface area contributed by atoms with Gasteiger partial charge in [0.1, 0.15) is 5.82 Å². The maximum atomic E-state index is 12.7. The summed E-state index contributed by atoms with van der Waals surface area (Å²) < 4.78 is 12.7. The lowest BCUT2D eigenvalue weighted by molar-refractivity contribution is -0.150. The zero-order valence-corrected chi connectivity index (χ0v) is 9.68. The second-order valence-electron chi connectivity index (χ2n) is 3.52. The molecule has 0 spiro atoms. The predicted molar refractivity (Wildman–Crippen MR) is 61.4 cm³/mol. The molecule has 92 valence electrons. The summed E-state index contributed by atoms with van der Waals surface area (Å²) in [6.45, 7) is 3.36.